The van der Waals surface area contributed by atoms with Crippen LogP contribution in [0.3, 0.4) is 0 Å². The average molecular weight is 265 g/mol. The summed E-state index contributed by atoms with van der Waals surface area (Å²) in [5, 5.41) is 3.72. The van der Waals surface area contributed by atoms with Crippen molar-refractivity contribution in [3.05, 3.63) is 71.8 Å². The Labute approximate surface area is 122 Å². The van der Waals surface area contributed by atoms with E-state index in [1.165, 1.54) is 24.0 Å². The van der Waals surface area contributed by atoms with Crippen molar-refractivity contribution in [2.24, 2.45) is 0 Å². The zero-order valence-electron chi connectivity index (χ0n) is 12.1. The van der Waals surface area contributed by atoms with Crippen LogP contribution in [0.25, 0.3) is 0 Å². The summed E-state index contributed by atoms with van der Waals surface area (Å²) in [6.07, 6.45) is 2.46. The predicted molar refractivity (Wildman–Crippen MR) is 85.1 cm³/mol. The van der Waals surface area contributed by atoms with Gasteiger partial charge in [0, 0.05) is 12.0 Å². The molecular weight excluding hydrogens is 242 g/mol. The standard InChI is InChI=1S/C19H23N/c1-2-13-20-18-14-17(15-9-5-3-6-10-15)19(18)16-11-7-4-8-12-16/h3-12,17-20H,2,13-14H2,1H3. The van der Waals surface area contributed by atoms with Crippen molar-refractivity contribution >= 4 is 0 Å². The van der Waals surface area contributed by atoms with Crippen molar-refractivity contribution in [1.82, 2.24) is 5.32 Å². The van der Waals surface area contributed by atoms with Gasteiger partial charge in [-0.05, 0) is 36.4 Å². The van der Waals surface area contributed by atoms with E-state index in [0.29, 0.717) is 17.9 Å². The van der Waals surface area contributed by atoms with E-state index in [1.807, 2.05) is 0 Å². The molecule has 1 N–H and O–H groups in total. The maximum absolute atomic E-state index is 3.72. The fraction of sp³-hybridized carbons (Fsp3) is 0.368. The highest BCUT2D eigenvalue weighted by Gasteiger charge is 2.41. The van der Waals surface area contributed by atoms with Gasteiger partial charge in [0.05, 0.1) is 0 Å². The van der Waals surface area contributed by atoms with E-state index in [0.717, 1.165) is 6.54 Å². The minimum absolute atomic E-state index is 0.616. The lowest BCUT2D eigenvalue weighted by Gasteiger charge is -2.46. The molecule has 3 unspecified atom stereocenters. The molecule has 1 heteroatoms. The van der Waals surface area contributed by atoms with Crippen molar-refractivity contribution in [1.29, 1.82) is 0 Å². The molecule has 0 amide bonds. The Morgan fingerprint density at radius 2 is 1.50 bits per heavy atom. The molecule has 1 nitrogen and oxygen atoms in total. The molecule has 1 saturated carbocycles. The van der Waals surface area contributed by atoms with Crippen molar-refractivity contribution in [3.8, 4) is 0 Å². The summed E-state index contributed by atoms with van der Waals surface area (Å²) >= 11 is 0. The zero-order valence-corrected chi connectivity index (χ0v) is 12.1. The predicted octanol–water partition coefficient (Wildman–Crippen LogP) is 4.33. The van der Waals surface area contributed by atoms with Crippen LogP contribution in [-0.4, -0.2) is 12.6 Å². The van der Waals surface area contributed by atoms with Gasteiger partial charge in [-0.2, -0.15) is 0 Å². The second kappa shape index (κ2) is 6.23. The van der Waals surface area contributed by atoms with E-state index in [-0.39, 0.29) is 0 Å². The van der Waals surface area contributed by atoms with Crippen LogP contribution in [0.15, 0.2) is 60.7 Å². The first-order chi connectivity index (χ1) is 9.90. The molecule has 1 fully saturated rings. The normalized spacial score (nSPS) is 25.1. The molecule has 0 bridgehead atoms. The highest BCUT2D eigenvalue weighted by molar-refractivity contribution is 5.34. The van der Waals surface area contributed by atoms with Crippen LogP contribution in [0.2, 0.25) is 0 Å². The molecule has 2 aromatic carbocycles. The molecule has 1 aliphatic carbocycles. The smallest absolute Gasteiger partial charge is 0.0148 e. The van der Waals surface area contributed by atoms with Crippen molar-refractivity contribution < 1.29 is 0 Å². The Kier molecular flexibility index (Phi) is 4.17. The second-order valence-electron chi connectivity index (χ2n) is 5.75. The summed E-state index contributed by atoms with van der Waals surface area (Å²) in [6.45, 7) is 3.35. The summed E-state index contributed by atoms with van der Waals surface area (Å²) in [4.78, 5) is 0. The van der Waals surface area contributed by atoms with E-state index in [4.69, 9.17) is 0 Å². The summed E-state index contributed by atoms with van der Waals surface area (Å²) in [7, 11) is 0. The number of rotatable bonds is 5. The Morgan fingerprint density at radius 1 is 0.900 bits per heavy atom. The molecule has 0 heterocycles. The number of nitrogens with one attached hydrogen (secondary N) is 1. The van der Waals surface area contributed by atoms with Gasteiger partial charge in [0.15, 0.2) is 0 Å². The van der Waals surface area contributed by atoms with E-state index in [2.05, 4.69) is 72.9 Å². The maximum Gasteiger partial charge on any atom is 0.0148 e. The zero-order chi connectivity index (χ0) is 13.8. The second-order valence-corrected chi connectivity index (χ2v) is 5.75. The third-order valence-corrected chi connectivity index (χ3v) is 4.44. The summed E-state index contributed by atoms with van der Waals surface area (Å²) in [5.41, 5.74) is 2.96. The third-order valence-electron chi connectivity index (χ3n) is 4.44. The highest BCUT2D eigenvalue weighted by Crippen LogP contribution is 2.49. The lowest BCUT2D eigenvalue weighted by Crippen LogP contribution is -2.47. The van der Waals surface area contributed by atoms with Crippen LogP contribution < -0.4 is 5.32 Å². The topological polar surface area (TPSA) is 12.0 Å². The van der Waals surface area contributed by atoms with Crippen molar-refractivity contribution in [2.75, 3.05) is 6.54 Å². The molecule has 0 saturated heterocycles. The molecule has 0 spiro atoms. The van der Waals surface area contributed by atoms with Crippen LogP contribution in [0.1, 0.15) is 42.7 Å². The third kappa shape index (κ3) is 2.64. The Bertz CT molecular complexity index is 520. The summed E-state index contributed by atoms with van der Waals surface area (Å²) in [5.74, 6) is 1.28. The fourth-order valence-electron chi connectivity index (χ4n) is 3.37. The van der Waals surface area contributed by atoms with Gasteiger partial charge in [-0.25, -0.2) is 0 Å². The van der Waals surface area contributed by atoms with Gasteiger partial charge >= 0.3 is 0 Å². The average Bonchev–Trinajstić information content (AvgIpc) is 2.48. The molecule has 3 atom stereocenters. The summed E-state index contributed by atoms with van der Waals surface area (Å²) < 4.78 is 0. The van der Waals surface area contributed by atoms with Crippen LogP contribution in [0, 0.1) is 0 Å². The quantitative estimate of drug-likeness (QED) is 0.848. The molecule has 104 valence electrons. The monoisotopic (exact) mass is 265 g/mol. The molecule has 0 aliphatic heterocycles. The molecular formula is C19H23N. The maximum atomic E-state index is 3.72. The lowest BCUT2D eigenvalue weighted by molar-refractivity contribution is 0.238. The van der Waals surface area contributed by atoms with E-state index in [1.54, 1.807) is 0 Å². The Morgan fingerprint density at radius 3 is 2.10 bits per heavy atom. The van der Waals surface area contributed by atoms with Crippen LogP contribution in [0.5, 0.6) is 0 Å². The van der Waals surface area contributed by atoms with Gasteiger partial charge < -0.3 is 5.32 Å². The molecule has 0 aromatic heterocycles. The number of hydrogen-bond acceptors (Lipinski definition) is 1. The Balaban J connectivity index is 1.82. The first-order valence-corrected chi connectivity index (χ1v) is 7.73. The minimum Gasteiger partial charge on any atom is -0.313 e. The largest absolute Gasteiger partial charge is 0.313 e. The highest BCUT2D eigenvalue weighted by atomic mass is 14.9. The molecule has 20 heavy (non-hydrogen) atoms. The van der Waals surface area contributed by atoms with E-state index in [9.17, 15) is 0 Å². The first-order valence-electron chi connectivity index (χ1n) is 7.73. The SMILES string of the molecule is CCCNC1CC(c2ccccc2)C1c1ccccc1. The number of hydrogen-bond donors (Lipinski definition) is 1. The van der Waals surface area contributed by atoms with E-state index >= 15 is 0 Å². The van der Waals surface area contributed by atoms with Crippen molar-refractivity contribution in [3.63, 3.8) is 0 Å². The van der Waals surface area contributed by atoms with Gasteiger partial charge in [-0.1, -0.05) is 67.6 Å². The fourth-order valence-corrected chi connectivity index (χ4v) is 3.37. The van der Waals surface area contributed by atoms with Gasteiger partial charge in [0.1, 0.15) is 0 Å². The molecule has 3 rings (SSSR count). The lowest BCUT2D eigenvalue weighted by atomic mass is 9.63. The van der Waals surface area contributed by atoms with Crippen molar-refractivity contribution in [2.45, 2.75) is 37.6 Å². The van der Waals surface area contributed by atoms with Gasteiger partial charge in [0.2, 0.25) is 0 Å². The molecule has 0 radical (unpaired) electrons. The number of benzene rings is 2. The van der Waals surface area contributed by atoms with Gasteiger partial charge in [-0.15, -0.1) is 0 Å². The van der Waals surface area contributed by atoms with E-state index < -0.39 is 0 Å². The van der Waals surface area contributed by atoms with Gasteiger partial charge in [-0.3, -0.25) is 0 Å². The first kappa shape index (κ1) is 13.4. The van der Waals surface area contributed by atoms with Crippen LogP contribution in [-0.2, 0) is 0 Å². The molecule has 1 aliphatic rings. The summed E-state index contributed by atoms with van der Waals surface area (Å²) in [6, 6.07) is 22.6. The van der Waals surface area contributed by atoms with Crippen LogP contribution >= 0.6 is 0 Å². The Hall–Kier alpha value is -1.60. The van der Waals surface area contributed by atoms with Crippen LogP contribution in [0.4, 0.5) is 0 Å². The van der Waals surface area contributed by atoms with Gasteiger partial charge in [0.25, 0.3) is 0 Å². The minimum atomic E-state index is 0.616. The molecule has 2 aromatic rings.